The first kappa shape index (κ1) is 14.9. The molecular weight excluding hydrogens is 254 g/mol. The first-order valence-electron chi connectivity index (χ1n) is 7.44. The predicted octanol–water partition coefficient (Wildman–Crippen LogP) is 1.76. The van der Waals surface area contributed by atoms with Gasteiger partial charge in [0.1, 0.15) is 6.33 Å². The summed E-state index contributed by atoms with van der Waals surface area (Å²) in [6.07, 6.45) is 5.22. The number of carbonyl (C=O) groups excluding carboxylic acids is 1. The van der Waals surface area contributed by atoms with E-state index in [0.717, 1.165) is 50.3 Å². The molecule has 1 amide bonds. The number of aromatic nitrogens is 2. The molecule has 0 unspecified atom stereocenters. The van der Waals surface area contributed by atoms with Gasteiger partial charge < -0.3 is 10.1 Å². The summed E-state index contributed by atoms with van der Waals surface area (Å²) >= 11 is 0. The lowest BCUT2D eigenvalue weighted by atomic mass is 10.0. The van der Waals surface area contributed by atoms with Gasteiger partial charge in [0.25, 0.3) is 5.91 Å². The molecule has 1 saturated heterocycles. The van der Waals surface area contributed by atoms with E-state index >= 15 is 0 Å². The number of carbonyl (C=O) groups is 1. The summed E-state index contributed by atoms with van der Waals surface area (Å²) in [5, 5.41) is 3.02. The van der Waals surface area contributed by atoms with E-state index in [0.29, 0.717) is 18.0 Å². The SMILES string of the molecule is CCc1ncnc(CC)c1C(=O)NC[C@@H]1CCCOC1. The fourth-order valence-electron chi connectivity index (χ4n) is 2.56. The van der Waals surface area contributed by atoms with Crippen LogP contribution in [0.1, 0.15) is 48.4 Å². The quantitative estimate of drug-likeness (QED) is 0.890. The van der Waals surface area contributed by atoms with Gasteiger partial charge in [0.2, 0.25) is 0 Å². The highest BCUT2D eigenvalue weighted by atomic mass is 16.5. The molecule has 0 bridgehead atoms. The highest BCUT2D eigenvalue weighted by Crippen LogP contribution is 2.14. The Morgan fingerprint density at radius 2 is 2.05 bits per heavy atom. The van der Waals surface area contributed by atoms with E-state index in [1.165, 1.54) is 0 Å². The van der Waals surface area contributed by atoms with Gasteiger partial charge in [-0.25, -0.2) is 9.97 Å². The van der Waals surface area contributed by atoms with Crippen molar-refractivity contribution in [2.24, 2.45) is 5.92 Å². The van der Waals surface area contributed by atoms with Crippen LogP contribution in [0.4, 0.5) is 0 Å². The van der Waals surface area contributed by atoms with Gasteiger partial charge in [-0.1, -0.05) is 13.8 Å². The second kappa shape index (κ2) is 7.33. The van der Waals surface area contributed by atoms with E-state index in [9.17, 15) is 4.79 Å². The normalized spacial score (nSPS) is 18.8. The van der Waals surface area contributed by atoms with Gasteiger partial charge in [-0.05, 0) is 31.6 Å². The van der Waals surface area contributed by atoms with Gasteiger partial charge in [0.15, 0.2) is 0 Å². The minimum Gasteiger partial charge on any atom is -0.381 e. The third-order valence-corrected chi connectivity index (χ3v) is 3.71. The van der Waals surface area contributed by atoms with Crippen molar-refractivity contribution in [1.29, 1.82) is 0 Å². The Balaban J connectivity index is 2.04. The average Bonchev–Trinajstić information content (AvgIpc) is 2.52. The monoisotopic (exact) mass is 277 g/mol. The number of hydrogen-bond acceptors (Lipinski definition) is 4. The van der Waals surface area contributed by atoms with Gasteiger partial charge in [0, 0.05) is 13.2 Å². The van der Waals surface area contributed by atoms with Gasteiger partial charge in [-0.3, -0.25) is 4.79 Å². The molecule has 1 aliphatic heterocycles. The standard InChI is InChI=1S/C15H23N3O2/c1-3-12-14(13(4-2)18-10-17-12)15(19)16-8-11-6-5-7-20-9-11/h10-11H,3-9H2,1-2H3,(H,16,19)/t11-/m0/s1. The number of hydrogen-bond donors (Lipinski definition) is 1. The molecule has 110 valence electrons. The second-order valence-electron chi connectivity index (χ2n) is 5.14. The molecule has 1 atom stereocenters. The smallest absolute Gasteiger partial charge is 0.255 e. The zero-order valence-corrected chi connectivity index (χ0v) is 12.3. The minimum atomic E-state index is -0.0510. The van der Waals surface area contributed by atoms with E-state index < -0.39 is 0 Å². The van der Waals surface area contributed by atoms with Crippen molar-refractivity contribution in [1.82, 2.24) is 15.3 Å². The Kier molecular flexibility index (Phi) is 5.47. The molecule has 1 aromatic rings. The number of aryl methyl sites for hydroxylation is 2. The van der Waals surface area contributed by atoms with E-state index in [1.54, 1.807) is 6.33 Å². The maximum atomic E-state index is 12.4. The van der Waals surface area contributed by atoms with Gasteiger partial charge >= 0.3 is 0 Å². The maximum absolute atomic E-state index is 12.4. The summed E-state index contributed by atoms with van der Waals surface area (Å²) in [6.45, 7) is 6.27. The molecule has 1 aliphatic rings. The molecule has 5 heteroatoms. The van der Waals surface area contributed by atoms with Crippen molar-refractivity contribution < 1.29 is 9.53 Å². The van der Waals surface area contributed by atoms with Crippen molar-refractivity contribution in [3.63, 3.8) is 0 Å². The topological polar surface area (TPSA) is 64.1 Å². The Hall–Kier alpha value is -1.49. The minimum absolute atomic E-state index is 0.0510. The molecule has 0 spiro atoms. The van der Waals surface area contributed by atoms with Crippen molar-refractivity contribution >= 4 is 5.91 Å². The molecule has 2 heterocycles. The number of rotatable bonds is 5. The third kappa shape index (κ3) is 3.54. The van der Waals surface area contributed by atoms with Crippen LogP contribution in [0.2, 0.25) is 0 Å². The van der Waals surface area contributed by atoms with Gasteiger partial charge in [0.05, 0.1) is 23.6 Å². The fourth-order valence-corrected chi connectivity index (χ4v) is 2.56. The Morgan fingerprint density at radius 3 is 2.60 bits per heavy atom. The molecule has 0 aliphatic carbocycles. The van der Waals surface area contributed by atoms with E-state index in [2.05, 4.69) is 15.3 Å². The molecule has 0 radical (unpaired) electrons. The summed E-state index contributed by atoms with van der Waals surface area (Å²) < 4.78 is 5.43. The lowest BCUT2D eigenvalue weighted by molar-refractivity contribution is 0.0536. The molecule has 0 saturated carbocycles. The number of nitrogens with zero attached hydrogens (tertiary/aromatic N) is 2. The third-order valence-electron chi connectivity index (χ3n) is 3.71. The van der Waals surface area contributed by atoms with Crippen molar-refractivity contribution in [2.45, 2.75) is 39.5 Å². The second-order valence-corrected chi connectivity index (χ2v) is 5.14. The molecule has 5 nitrogen and oxygen atoms in total. The average molecular weight is 277 g/mol. The molecule has 1 fully saturated rings. The largest absolute Gasteiger partial charge is 0.381 e. The maximum Gasteiger partial charge on any atom is 0.255 e. The van der Waals surface area contributed by atoms with Crippen LogP contribution < -0.4 is 5.32 Å². The van der Waals surface area contributed by atoms with E-state index in [-0.39, 0.29) is 5.91 Å². The first-order valence-corrected chi connectivity index (χ1v) is 7.44. The highest BCUT2D eigenvalue weighted by molar-refractivity contribution is 5.96. The summed E-state index contributed by atoms with van der Waals surface area (Å²) in [7, 11) is 0. The van der Waals surface area contributed by atoms with Crippen LogP contribution in [0.5, 0.6) is 0 Å². The Morgan fingerprint density at radius 1 is 1.35 bits per heavy atom. The summed E-state index contributed by atoms with van der Waals surface area (Å²) in [5.74, 6) is 0.373. The van der Waals surface area contributed by atoms with Crippen molar-refractivity contribution in [3.05, 3.63) is 23.3 Å². The molecule has 0 aromatic carbocycles. The van der Waals surface area contributed by atoms with Gasteiger partial charge in [-0.15, -0.1) is 0 Å². The zero-order valence-electron chi connectivity index (χ0n) is 12.3. The van der Waals surface area contributed by atoms with Crippen molar-refractivity contribution in [3.8, 4) is 0 Å². The van der Waals surface area contributed by atoms with E-state index in [4.69, 9.17) is 4.74 Å². The lowest BCUT2D eigenvalue weighted by Gasteiger charge is -2.22. The summed E-state index contributed by atoms with van der Waals surface area (Å²) in [6, 6.07) is 0. The van der Waals surface area contributed by atoms with Crippen LogP contribution in [-0.4, -0.2) is 35.6 Å². The van der Waals surface area contributed by atoms with Crippen LogP contribution in [0.15, 0.2) is 6.33 Å². The molecular formula is C15H23N3O2. The van der Waals surface area contributed by atoms with Crippen LogP contribution in [0.3, 0.4) is 0 Å². The lowest BCUT2D eigenvalue weighted by Crippen LogP contribution is -2.34. The number of ether oxygens (including phenoxy) is 1. The molecule has 1 N–H and O–H groups in total. The zero-order chi connectivity index (χ0) is 14.4. The Labute approximate surface area is 120 Å². The van der Waals surface area contributed by atoms with Crippen molar-refractivity contribution in [2.75, 3.05) is 19.8 Å². The van der Waals surface area contributed by atoms with Crippen LogP contribution in [-0.2, 0) is 17.6 Å². The number of nitrogens with one attached hydrogen (secondary N) is 1. The fraction of sp³-hybridized carbons (Fsp3) is 0.667. The predicted molar refractivity (Wildman–Crippen MR) is 76.7 cm³/mol. The van der Waals surface area contributed by atoms with Gasteiger partial charge in [-0.2, -0.15) is 0 Å². The molecule has 20 heavy (non-hydrogen) atoms. The molecule has 1 aromatic heterocycles. The summed E-state index contributed by atoms with van der Waals surface area (Å²) in [4.78, 5) is 20.9. The van der Waals surface area contributed by atoms with Crippen LogP contribution in [0, 0.1) is 5.92 Å². The van der Waals surface area contributed by atoms with Crippen LogP contribution >= 0.6 is 0 Å². The Bertz CT molecular complexity index is 434. The van der Waals surface area contributed by atoms with Crippen LogP contribution in [0.25, 0.3) is 0 Å². The first-order chi connectivity index (χ1) is 9.76. The molecule has 2 rings (SSSR count). The highest BCUT2D eigenvalue weighted by Gasteiger charge is 2.19. The summed E-state index contributed by atoms with van der Waals surface area (Å²) in [5.41, 5.74) is 2.32. The van der Waals surface area contributed by atoms with E-state index in [1.807, 2.05) is 13.8 Å². The number of amides is 1.